The Morgan fingerprint density at radius 2 is 2.00 bits per heavy atom. The van der Waals surface area contributed by atoms with Crippen LogP contribution in [0, 0.1) is 6.92 Å². The summed E-state index contributed by atoms with van der Waals surface area (Å²) < 4.78 is 38.1. The van der Waals surface area contributed by atoms with Gasteiger partial charge in [-0.25, -0.2) is 4.98 Å². The van der Waals surface area contributed by atoms with Crippen molar-refractivity contribution >= 4 is 27.5 Å². The Bertz CT molecular complexity index is 697. The van der Waals surface area contributed by atoms with Crippen molar-refractivity contribution in [3.05, 3.63) is 28.3 Å². The molecule has 0 saturated heterocycles. The molecule has 0 spiro atoms. The number of amides is 1. The lowest BCUT2D eigenvalue weighted by molar-refractivity contribution is -0.140. The zero-order chi connectivity index (χ0) is 17.0. The average molecular weight is 345 g/mol. The smallest absolute Gasteiger partial charge is 0.350 e. The van der Waals surface area contributed by atoms with Crippen molar-refractivity contribution in [2.45, 2.75) is 26.4 Å². The number of rotatable bonds is 6. The van der Waals surface area contributed by atoms with Gasteiger partial charge in [-0.05, 0) is 37.6 Å². The van der Waals surface area contributed by atoms with Gasteiger partial charge in [-0.1, -0.05) is 6.92 Å². The van der Waals surface area contributed by atoms with Gasteiger partial charge in [0.1, 0.15) is 10.5 Å². The lowest BCUT2D eigenvalue weighted by Crippen LogP contribution is -2.31. The van der Waals surface area contributed by atoms with Crippen LogP contribution in [0.4, 0.5) is 13.2 Å². The maximum atomic E-state index is 12.7. The van der Waals surface area contributed by atoms with Crippen LogP contribution in [0.5, 0.6) is 0 Å². The Labute approximate surface area is 136 Å². The fourth-order valence-electron chi connectivity index (χ4n) is 2.12. The molecule has 126 valence electrons. The van der Waals surface area contributed by atoms with Crippen molar-refractivity contribution in [1.82, 2.24) is 15.6 Å². The zero-order valence-electron chi connectivity index (χ0n) is 12.9. The SMILES string of the molecule is CCCNCCNC(=O)c1sc2nc(C(F)(F)F)ccc2c1C. The topological polar surface area (TPSA) is 54.0 Å². The molecule has 0 aliphatic carbocycles. The molecular weight excluding hydrogens is 327 g/mol. The molecule has 2 aromatic heterocycles. The van der Waals surface area contributed by atoms with E-state index in [1.807, 2.05) is 6.92 Å². The molecular formula is C15H18F3N3OS. The summed E-state index contributed by atoms with van der Waals surface area (Å²) in [4.78, 5) is 16.4. The van der Waals surface area contributed by atoms with Crippen LogP contribution in [-0.2, 0) is 6.18 Å². The van der Waals surface area contributed by atoms with E-state index in [1.54, 1.807) is 6.92 Å². The molecule has 0 bridgehead atoms. The summed E-state index contributed by atoms with van der Waals surface area (Å²) in [6, 6.07) is 2.31. The quantitative estimate of drug-likeness (QED) is 0.790. The molecule has 2 heterocycles. The Kier molecular flexibility index (Phi) is 5.59. The van der Waals surface area contributed by atoms with Crippen LogP contribution in [0.1, 0.15) is 34.3 Å². The van der Waals surface area contributed by atoms with E-state index in [0.717, 1.165) is 30.4 Å². The maximum Gasteiger partial charge on any atom is 0.433 e. The summed E-state index contributed by atoms with van der Waals surface area (Å²) in [5.74, 6) is -0.280. The first-order valence-corrected chi connectivity index (χ1v) is 8.12. The van der Waals surface area contributed by atoms with E-state index in [9.17, 15) is 18.0 Å². The number of pyridine rings is 1. The molecule has 0 fully saturated rings. The molecule has 2 N–H and O–H groups in total. The molecule has 4 nitrogen and oxygen atoms in total. The number of nitrogens with one attached hydrogen (secondary N) is 2. The van der Waals surface area contributed by atoms with Gasteiger partial charge in [-0.3, -0.25) is 4.79 Å². The van der Waals surface area contributed by atoms with Crippen molar-refractivity contribution in [3.63, 3.8) is 0 Å². The first-order chi connectivity index (χ1) is 10.8. The highest BCUT2D eigenvalue weighted by Crippen LogP contribution is 2.34. The number of thiophene rings is 1. The predicted molar refractivity (Wildman–Crippen MR) is 84.9 cm³/mol. The van der Waals surface area contributed by atoms with E-state index in [1.165, 1.54) is 6.07 Å². The van der Waals surface area contributed by atoms with Gasteiger partial charge in [0.25, 0.3) is 5.91 Å². The first kappa shape index (κ1) is 17.7. The van der Waals surface area contributed by atoms with E-state index in [-0.39, 0.29) is 10.7 Å². The van der Waals surface area contributed by atoms with Gasteiger partial charge in [0.05, 0.1) is 4.88 Å². The Hall–Kier alpha value is -1.67. The third kappa shape index (κ3) is 4.20. The van der Waals surface area contributed by atoms with Gasteiger partial charge in [0.2, 0.25) is 0 Å². The second kappa shape index (κ2) is 7.27. The van der Waals surface area contributed by atoms with Crippen molar-refractivity contribution in [3.8, 4) is 0 Å². The Morgan fingerprint density at radius 1 is 1.26 bits per heavy atom. The lowest BCUT2D eigenvalue weighted by Gasteiger charge is -2.05. The number of nitrogens with zero attached hydrogens (tertiary/aromatic N) is 1. The zero-order valence-corrected chi connectivity index (χ0v) is 13.7. The molecule has 2 rings (SSSR count). The molecule has 0 aliphatic rings. The molecule has 2 aromatic rings. The fourth-order valence-corrected chi connectivity index (χ4v) is 3.22. The number of alkyl halides is 3. The Balaban J connectivity index is 2.15. The van der Waals surface area contributed by atoms with Crippen molar-refractivity contribution < 1.29 is 18.0 Å². The summed E-state index contributed by atoms with van der Waals surface area (Å²) >= 11 is 0.987. The summed E-state index contributed by atoms with van der Waals surface area (Å²) in [5.41, 5.74) is -0.285. The van der Waals surface area contributed by atoms with E-state index >= 15 is 0 Å². The van der Waals surface area contributed by atoms with Crippen LogP contribution in [0.2, 0.25) is 0 Å². The van der Waals surface area contributed by atoms with Crippen LogP contribution in [-0.4, -0.2) is 30.5 Å². The van der Waals surface area contributed by atoms with E-state index < -0.39 is 11.9 Å². The minimum atomic E-state index is -4.49. The average Bonchev–Trinajstić information content (AvgIpc) is 2.83. The van der Waals surface area contributed by atoms with Crippen molar-refractivity contribution in [2.24, 2.45) is 0 Å². The summed E-state index contributed by atoms with van der Waals surface area (Å²) in [5, 5.41) is 6.50. The molecule has 0 radical (unpaired) electrons. The highest BCUT2D eigenvalue weighted by Gasteiger charge is 2.33. The van der Waals surface area contributed by atoms with Crippen LogP contribution in [0.25, 0.3) is 10.2 Å². The van der Waals surface area contributed by atoms with E-state index in [0.29, 0.717) is 28.9 Å². The molecule has 1 amide bonds. The number of carbonyl (C=O) groups is 1. The molecule has 0 aromatic carbocycles. The normalized spacial score (nSPS) is 11.9. The summed E-state index contributed by atoms with van der Waals surface area (Å²) in [6.07, 6.45) is -3.48. The number of aromatic nitrogens is 1. The number of carbonyl (C=O) groups excluding carboxylic acids is 1. The first-order valence-electron chi connectivity index (χ1n) is 7.30. The van der Waals surface area contributed by atoms with E-state index in [2.05, 4.69) is 15.6 Å². The van der Waals surface area contributed by atoms with Crippen LogP contribution in [0.15, 0.2) is 12.1 Å². The van der Waals surface area contributed by atoms with Gasteiger partial charge in [0.15, 0.2) is 0 Å². The number of hydrogen-bond donors (Lipinski definition) is 2. The molecule has 8 heteroatoms. The summed E-state index contributed by atoms with van der Waals surface area (Å²) in [7, 11) is 0. The largest absolute Gasteiger partial charge is 0.433 e. The molecule has 23 heavy (non-hydrogen) atoms. The number of aryl methyl sites for hydroxylation is 1. The maximum absolute atomic E-state index is 12.7. The fraction of sp³-hybridized carbons (Fsp3) is 0.467. The van der Waals surface area contributed by atoms with E-state index in [4.69, 9.17) is 0 Å². The third-order valence-electron chi connectivity index (χ3n) is 3.31. The van der Waals surface area contributed by atoms with Gasteiger partial charge < -0.3 is 10.6 Å². The van der Waals surface area contributed by atoms with Crippen LogP contribution >= 0.6 is 11.3 Å². The third-order valence-corrected chi connectivity index (χ3v) is 4.51. The minimum Gasteiger partial charge on any atom is -0.350 e. The number of hydrogen-bond acceptors (Lipinski definition) is 4. The molecule has 0 aliphatic heterocycles. The molecule has 0 unspecified atom stereocenters. The highest BCUT2D eigenvalue weighted by atomic mass is 32.1. The standard InChI is InChI=1S/C15H18F3N3OS/c1-3-6-19-7-8-20-13(22)12-9(2)10-4-5-11(15(16,17)18)21-14(10)23-12/h4-5,19H,3,6-8H2,1-2H3,(H,20,22). The monoisotopic (exact) mass is 345 g/mol. The van der Waals surface area contributed by atoms with Gasteiger partial charge in [0, 0.05) is 18.5 Å². The Morgan fingerprint density at radius 3 is 2.65 bits per heavy atom. The van der Waals surface area contributed by atoms with Gasteiger partial charge >= 0.3 is 6.18 Å². The van der Waals surface area contributed by atoms with Crippen LogP contribution < -0.4 is 10.6 Å². The number of fused-ring (bicyclic) bond motifs is 1. The van der Waals surface area contributed by atoms with Gasteiger partial charge in [-0.2, -0.15) is 13.2 Å². The van der Waals surface area contributed by atoms with Crippen molar-refractivity contribution in [1.29, 1.82) is 0 Å². The highest BCUT2D eigenvalue weighted by molar-refractivity contribution is 7.20. The lowest BCUT2D eigenvalue weighted by atomic mass is 10.2. The predicted octanol–water partition coefficient (Wildman–Crippen LogP) is 3.35. The minimum absolute atomic E-state index is 0.228. The summed E-state index contributed by atoms with van der Waals surface area (Å²) in [6.45, 7) is 5.77. The van der Waals surface area contributed by atoms with Crippen molar-refractivity contribution in [2.75, 3.05) is 19.6 Å². The second-order valence-electron chi connectivity index (χ2n) is 5.11. The van der Waals surface area contributed by atoms with Crippen LogP contribution in [0.3, 0.4) is 0 Å². The van der Waals surface area contributed by atoms with Gasteiger partial charge in [-0.15, -0.1) is 11.3 Å². The molecule has 0 atom stereocenters. The molecule has 0 saturated carbocycles. The number of halogens is 3. The second-order valence-corrected chi connectivity index (χ2v) is 6.11.